The molecule has 3 N–H and O–H groups in total. The van der Waals surface area contributed by atoms with Gasteiger partial charge in [0.15, 0.2) is 11.5 Å². The van der Waals surface area contributed by atoms with Crippen LogP contribution in [0.4, 0.5) is 0 Å². The summed E-state index contributed by atoms with van der Waals surface area (Å²) in [5.41, 5.74) is 1.33. The second kappa shape index (κ2) is 4.02. The molecule has 0 radical (unpaired) electrons. The number of nitrogens with zero attached hydrogens (tertiary/aromatic N) is 3. The van der Waals surface area contributed by atoms with Gasteiger partial charge >= 0.3 is 0 Å². The van der Waals surface area contributed by atoms with Crippen molar-refractivity contribution in [3.63, 3.8) is 0 Å². The zero-order chi connectivity index (χ0) is 11.8. The van der Waals surface area contributed by atoms with E-state index in [-0.39, 0.29) is 12.7 Å². The number of aromatic nitrogens is 4. The minimum absolute atomic E-state index is 0.206. The normalized spacial score (nSPS) is 28.9. The third-order valence-electron chi connectivity index (χ3n) is 2.89. The maximum absolute atomic E-state index is 9.63. The van der Waals surface area contributed by atoms with E-state index in [2.05, 4.69) is 19.9 Å². The molecule has 2 aromatic heterocycles. The smallest absolute Gasteiger partial charge is 0.180 e. The summed E-state index contributed by atoms with van der Waals surface area (Å²) >= 11 is 0. The van der Waals surface area contributed by atoms with Crippen molar-refractivity contribution in [1.29, 1.82) is 0 Å². The van der Waals surface area contributed by atoms with E-state index in [4.69, 9.17) is 9.84 Å². The van der Waals surface area contributed by atoms with Crippen molar-refractivity contribution in [2.45, 2.75) is 24.7 Å². The van der Waals surface area contributed by atoms with Crippen molar-refractivity contribution in [2.24, 2.45) is 0 Å². The summed E-state index contributed by atoms with van der Waals surface area (Å²) in [6.07, 6.45) is 1.95. The van der Waals surface area contributed by atoms with Crippen LogP contribution in [0.1, 0.15) is 18.3 Å². The Bertz CT molecular complexity index is 529. The Morgan fingerprint density at radius 1 is 1.47 bits per heavy atom. The van der Waals surface area contributed by atoms with Crippen molar-refractivity contribution < 1.29 is 14.9 Å². The van der Waals surface area contributed by atoms with Crippen molar-refractivity contribution in [3.05, 3.63) is 18.3 Å². The second-order valence-electron chi connectivity index (χ2n) is 4.02. The van der Waals surface area contributed by atoms with Crippen LogP contribution in [-0.2, 0) is 4.74 Å². The number of hydrogen-bond acceptors (Lipinski definition) is 6. The maximum atomic E-state index is 9.63. The van der Waals surface area contributed by atoms with Gasteiger partial charge in [-0.3, -0.25) is 0 Å². The fourth-order valence-corrected chi connectivity index (χ4v) is 1.96. The lowest BCUT2D eigenvalue weighted by atomic mass is 10.1. The van der Waals surface area contributed by atoms with Crippen LogP contribution in [0.25, 0.3) is 11.2 Å². The maximum Gasteiger partial charge on any atom is 0.180 e. The third kappa shape index (κ3) is 1.78. The number of nitrogens with one attached hydrogen (secondary N) is 1. The van der Waals surface area contributed by atoms with Gasteiger partial charge in [0.25, 0.3) is 0 Å². The molecule has 3 atom stereocenters. The van der Waals surface area contributed by atoms with Gasteiger partial charge in [-0.05, 0) is 0 Å². The molecule has 90 valence electrons. The van der Waals surface area contributed by atoms with Crippen molar-refractivity contribution in [3.8, 4) is 0 Å². The zero-order valence-electron chi connectivity index (χ0n) is 8.95. The number of aliphatic hydroxyl groups excluding tert-OH is 2. The number of aromatic amines is 1. The van der Waals surface area contributed by atoms with Crippen molar-refractivity contribution in [1.82, 2.24) is 19.9 Å². The summed E-state index contributed by atoms with van der Waals surface area (Å²) in [6.45, 7) is -0.206. The predicted molar refractivity (Wildman–Crippen MR) is 57.0 cm³/mol. The fraction of sp³-hybridized carbons (Fsp3) is 0.500. The highest BCUT2D eigenvalue weighted by atomic mass is 16.5. The van der Waals surface area contributed by atoms with E-state index in [1.54, 1.807) is 12.5 Å². The Balaban J connectivity index is 1.89. The van der Waals surface area contributed by atoms with Gasteiger partial charge in [0.1, 0.15) is 17.7 Å². The summed E-state index contributed by atoms with van der Waals surface area (Å²) in [4.78, 5) is 15.3. The van der Waals surface area contributed by atoms with E-state index in [1.807, 2.05) is 0 Å². The van der Waals surface area contributed by atoms with E-state index < -0.39 is 12.2 Å². The molecule has 0 aliphatic carbocycles. The Hall–Kier alpha value is -1.57. The summed E-state index contributed by atoms with van der Waals surface area (Å²) in [5, 5.41) is 18.6. The highest BCUT2D eigenvalue weighted by Gasteiger charge is 2.35. The Labute approximate surface area is 96.5 Å². The van der Waals surface area contributed by atoms with Crippen molar-refractivity contribution in [2.75, 3.05) is 6.61 Å². The van der Waals surface area contributed by atoms with E-state index in [1.165, 1.54) is 0 Å². The number of rotatable bonds is 2. The number of ether oxygens (including phenoxy) is 1. The molecule has 0 bridgehead atoms. The Morgan fingerprint density at radius 2 is 2.35 bits per heavy atom. The number of hydrogen-bond donors (Lipinski definition) is 3. The van der Waals surface area contributed by atoms with Gasteiger partial charge in [-0.15, -0.1) is 0 Å². The molecule has 1 saturated heterocycles. The van der Waals surface area contributed by atoms with Gasteiger partial charge in [-0.25, -0.2) is 15.0 Å². The van der Waals surface area contributed by atoms with Crippen molar-refractivity contribution >= 4 is 11.2 Å². The first-order valence-corrected chi connectivity index (χ1v) is 5.38. The number of H-pyrrole nitrogens is 1. The average molecular weight is 236 g/mol. The molecule has 1 aliphatic rings. The molecule has 0 saturated carbocycles. The summed E-state index contributed by atoms with van der Waals surface area (Å²) in [5.74, 6) is 0.486. The first kappa shape index (κ1) is 10.6. The molecule has 0 unspecified atom stereocenters. The molecule has 17 heavy (non-hydrogen) atoms. The molecule has 2 aromatic rings. The highest BCUT2D eigenvalue weighted by molar-refractivity contribution is 5.68. The fourth-order valence-electron chi connectivity index (χ4n) is 1.96. The van der Waals surface area contributed by atoms with Crippen LogP contribution in [0.5, 0.6) is 0 Å². The molecular weight excluding hydrogens is 224 g/mol. The summed E-state index contributed by atoms with van der Waals surface area (Å²) < 4.78 is 5.47. The van der Waals surface area contributed by atoms with E-state index in [0.717, 1.165) is 5.52 Å². The lowest BCUT2D eigenvalue weighted by Gasteiger charge is -2.10. The first-order chi connectivity index (χ1) is 8.28. The van der Waals surface area contributed by atoms with Gasteiger partial charge in [-0.2, -0.15) is 0 Å². The van der Waals surface area contributed by atoms with Crippen LogP contribution < -0.4 is 0 Å². The topological polar surface area (TPSA) is 104 Å². The minimum Gasteiger partial charge on any atom is -0.394 e. The molecular formula is C10H12N4O3. The first-order valence-electron chi connectivity index (χ1n) is 5.38. The zero-order valence-corrected chi connectivity index (χ0v) is 8.95. The van der Waals surface area contributed by atoms with Crippen LogP contribution in [-0.4, -0.2) is 49.0 Å². The van der Waals surface area contributed by atoms with Crippen LogP contribution in [0, 0.1) is 0 Å². The lowest BCUT2D eigenvalue weighted by Crippen LogP contribution is -2.24. The van der Waals surface area contributed by atoms with Crippen LogP contribution in [0.2, 0.25) is 0 Å². The molecule has 3 rings (SSSR count). The van der Waals surface area contributed by atoms with Gasteiger partial charge in [0.2, 0.25) is 0 Å². The van der Waals surface area contributed by atoms with Crippen LogP contribution in [0.3, 0.4) is 0 Å². The standard InChI is InChI=1S/C10H12N4O3/c15-3-8-6(16)1-7(17-8)10-11-2-5-9(14-10)13-4-12-5/h2,4,6-8,15-16H,1,3H2,(H,11,12,13,14)/t6-,7+,8+/m0/s1. The van der Waals surface area contributed by atoms with E-state index in [0.29, 0.717) is 17.9 Å². The molecule has 0 aromatic carbocycles. The lowest BCUT2D eigenvalue weighted by molar-refractivity contribution is -0.0246. The average Bonchev–Trinajstić information content (AvgIpc) is 2.93. The predicted octanol–water partition coefficient (Wildman–Crippen LogP) is -0.464. The van der Waals surface area contributed by atoms with Crippen LogP contribution in [0.15, 0.2) is 12.5 Å². The van der Waals surface area contributed by atoms with Gasteiger partial charge < -0.3 is 19.9 Å². The van der Waals surface area contributed by atoms with Gasteiger partial charge in [-0.1, -0.05) is 0 Å². The monoisotopic (exact) mass is 236 g/mol. The largest absolute Gasteiger partial charge is 0.394 e. The third-order valence-corrected chi connectivity index (χ3v) is 2.89. The molecule has 0 spiro atoms. The number of fused-ring (bicyclic) bond motifs is 1. The second-order valence-corrected chi connectivity index (χ2v) is 4.02. The molecule has 7 heteroatoms. The number of aliphatic hydroxyl groups is 2. The summed E-state index contributed by atoms with van der Waals surface area (Å²) in [6, 6.07) is 0. The SMILES string of the molecule is OC[C@H]1O[C@@H](c2ncc3[nH]cnc3n2)C[C@@H]1O. The van der Waals surface area contributed by atoms with E-state index in [9.17, 15) is 5.11 Å². The Kier molecular flexibility index (Phi) is 2.50. The van der Waals surface area contributed by atoms with Gasteiger partial charge in [0, 0.05) is 6.42 Å². The molecule has 1 aliphatic heterocycles. The van der Waals surface area contributed by atoms with E-state index >= 15 is 0 Å². The molecule has 7 nitrogen and oxygen atoms in total. The Morgan fingerprint density at radius 3 is 3.12 bits per heavy atom. The number of imidazole rings is 1. The molecule has 1 fully saturated rings. The van der Waals surface area contributed by atoms with Gasteiger partial charge in [0.05, 0.1) is 25.2 Å². The summed E-state index contributed by atoms with van der Waals surface area (Å²) in [7, 11) is 0. The molecule has 0 amide bonds. The minimum atomic E-state index is -0.677. The van der Waals surface area contributed by atoms with Crippen LogP contribution >= 0.6 is 0 Å². The quantitative estimate of drug-likeness (QED) is 0.651. The molecule has 3 heterocycles. The highest BCUT2D eigenvalue weighted by Crippen LogP contribution is 2.31.